The summed E-state index contributed by atoms with van der Waals surface area (Å²) in [4.78, 5) is 4.29. The Morgan fingerprint density at radius 3 is 2.85 bits per heavy atom. The lowest BCUT2D eigenvalue weighted by Crippen LogP contribution is -2.39. The van der Waals surface area contributed by atoms with Gasteiger partial charge in [-0.3, -0.25) is 4.99 Å². The van der Waals surface area contributed by atoms with Gasteiger partial charge in [0.2, 0.25) is 0 Å². The Kier molecular flexibility index (Phi) is 7.18. The smallest absolute Gasteiger partial charge is 0.191 e. The Morgan fingerprint density at radius 2 is 2.00 bits per heavy atom. The normalized spacial score (nSPS) is 14.7. The van der Waals surface area contributed by atoms with Gasteiger partial charge in [0.15, 0.2) is 5.96 Å². The molecule has 2 N–H and O–H groups in total. The third-order valence-electron chi connectivity index (χ3n) is 4.94. The van der Waals surface area contributed by atoms with E-state index in [1.807, 2.05) is 0 Å². The first-order chi connectivity index (χ1) is 13.3. The van der Waals surface area contributed by atoms with Gasteiger partial charge < -0.3 is 19.8 Å². The zero-order valence-corrected chi connectivity index (χ0v) is 16.5. The molecule has 0 amide bonds. The molecule has 2 aromatic rings. The third kappa shape index (κ3) is 5.27. The molecule has 0 bridgehead atoms. The lowest BCUT2D eigenvalue weighted by Gasteiger charge is -2.13. The zero-order chi connectivity index (χ0) is 18.9. The van der Waals surface area contributed by atoms with Crippen molar-refractivity contribution in [1.29, 1.82) is 0 Å². The summed E-state index contributed by atoms with van der Waals surface area (Å²) in [5.74, 6) is 4.11. The summed E-state index contributed by atoms with van der Waals surface area (Å²) in [7, 11) is 1.80. The molecule has 0 unspecified atom stereocenters. The number of aryl methyl sites for hydroxylation is 3. The topological polar surface area (TPSA) is 97.8 Å². The first-order valence-electron chi connectivity index (χ1n) is 10.0. The van der Waals surface area contributed by atoms with Crippen molar-refractivity contribution in [2.24, 2.45) is 4.99 Å². The molecule has 3 rings (SSSR count). The number of aromatic nitrogens is 6. The van der Waals surface area contributed by atoms with E-state index < -0.39 is 0 Å². The number of nitrogens with one attached hydrogen (secondary N) is 2. The molecule has 0 spiro atoms. The van der Waals surface area contributed by atoms with E-state index in [0.29, 0.717) is 0 Å². The Morgan fingerprint density at radius 1 is 1.11 bits per heavy atom. The van der Waals surface area contributed by atoms with Crippen LogP contribution in [0.4, 0.5) is 0 Å². The molecule has 27 heavy (non-hydrogen) atoms. The SMILES string of the molecule is CCc1nncn1CCNC(=NC)NCCCc1nnc2n1CCCCC2. The fourth-order valence-corrected chi connectivity index (χ4v) is 3.44. The minimum absolute atomic E-state index is 0.780. The summed E-state index contributed by atoms with van der Waals surface area (Å²) >= 11 is 0. The van der Waals surface area contributed by atoms with Crippen molar-refractivity contribution < 1.29 is 0 Å². The quantitative estimate of drug-likeness (QED) is 0.406. The number of aliphatic imine (C=N–C) groups is 1. The van der Waals surface area contributed by atoms with Crippen LogP contribution in [-0.2, 0) is 32.4 Å². The number of guanidine groups is 1. The van der Waals surface area contributed by atoms with Crippen molar-refractivity contribution in [2.75, 3.05) is 20.1 Å². The molecule has 148 valence electrons. The number of rotatable bonds is 8. The van der Waals surface area contributed by atoms with E-state index in [9.17, 15) is 0 Å². The average molecular weight is 374 g/mol. The number of nitrogens with zero attached hydrogens (tertiary/aromatic N) is 7. The predicted molar refractivity (Wildman–Crippen MR) is 105 cm³/mol. The van der Waals surface area contributed by atoms with Gasteiger partial charge in [-0.25, -0.2) is 0 Å². The highest BCUT2D eigenvalue weighted by molar-refractivity contribution is 5.79. The summed E-state index contributed by atoms with van der Waals surface area (Å²) in [6, 6.07) is 0. The molecule has 9 nitrogen and oxygen atoms in total. The van der Waals surface area contributed by atoms with Crippen LogP contribution in [0.5, 0.6) is 0 Å². The molecule has 0 saturated heterocycles. The van der Waals surface area contributed by atoms with Gasteiger partial charge in [0.25, 0.3) is 0 Å². The molecule has 0 saturated carbocycles. The van der Waals surface area contributed by atoms with Crippen molar-refractivity contribution >= 4 is 5.96 Å². The number of hydrogen-bond acceptors (Lipinski definition) is 5. The van der Waals surface area contributed by atoms with E-state index in [1.165, 1.54) is 19.3 Å². The van der Waals surface area contributed by atoms with E-state index in [4.69, 9.17) is 0 Å². The highest BCUT2D eigenvalue weighted by atomic mass is 15.3. The maximum Gasteiger partial charge on any atom is 0.191 e. The molecule has 0 radical (unpaired) electrons. The van der Waals surface area contributed by atoms with E-state index in [1.54, 1.807) is 13.4 Å². The Labute approximate surface area is 160 Å². The first-order valence-corrected chi connectivity index (χ1v) is 10.0. The largest absolute Gasteiger partial charge is 0.356 e. The molecule has 1 aliphatic heterocycles. The van der Waals surface area contributed by atoms with E-state index >= 15 is 0 Å². The van der Waals surface area contributed by atoms with Gasteiger partial charge in [-0.15, -0.1) is 20.4 Å². The summed E-state index contributed by atoms with van der Waals surface area (Å²) in [6.07, 6.45) is 9.43. The maximum absolute atomic E-state index is 4.40. The van der Waals surface area contributed by atoms with Crippen LogP contribution in [0.15, 0.2) is 11.3 Å². The highest BCUT2D eigenvalue weighted by Gasteiger charge is 2.14. The van der Waals surface area contributed by atoms with E-state index in [-0.39, 0.29) is 0 Å². The second-order valence-electron chi connectivity index (χ2n) is 6.82. The molecule has 9 heteroatoms. The Balaban J connectivity index is 1.37. The van der Waals surface area contributed by atoms with Crippen LogP contribution in [0.1, 0.15) is 50.1 Å². The molecule has 0 atom stereocenters. The van der Waals surface area contributed by atoms with Crippen LogP contribution < -0.4 is 10.6 Å². The third-order valence-corrected chi connectivity index (χ3v) is 4.94. The Hall–Kier alpha value is -2.45. The van der Waals surface area contributed by atoms with Gasteiger partial charge >= 0.3 is 0 Å². The molecule has 0 aromatic carbocycles. The first kappa shape index (κ1) is 19.3. The minimum atomic E-state index is 0.780. The molecular weight excluding hydrogens is 342 g/mol. The van der Waals surface area contributed by atoms with Crippen molar-refractivity contribution in [3.8, 4) is 0 Å². The van der Waals surface area contributed by atoms with Gasteiger partial charge in [0.05, 0.1) is 0 Å². The average Bonchev–Trinajstić information content (AvgIpc) is 3.23. The van der Waals surface area contributed by atoms with Gasteiger partial charge in [0, 0.05) is 52.5 Å². The van der Waals surface area contributed by atoms with Gasteiger partial charge in [-0.2, -0.15) is 0 Å². The fraction of sp³-hybridized carbons (Fsp3) is 0.722. The van der Waals surface area contributed by atoms with Gasteiger partial charge in [-0.1, -0.05) is 13.3 Å². The monoisotopic (exact) mass is 373 g/mol. The van der Waals surface area contributed by atoms with Crippen LogP contribution in [0.3, 0.4) is 0 Å². The zero-order valence-electron chi connectivity index (χ0n) is 16.5. The van der Waals surface area contributed by atoms with E-state index in [0.717, 1.165) is 75.3 Å². The fourth-order valence-electron chi connectivity index (χ4n) is 3.44. The van der Waals surface area contributed by atoms with Crippen molar-refractivity contribution in [3.63, 3.8) is 0 Å². The summed E-state index contributed by atoms with van der Waals surface area (Å²) < 4.78 is 4.39. The van der Waals surface area contributed by atoms with E-state index in [2.05, 4.69) is 52.1 Å². The Bertz CT molecular complexity index is 731. The molecule has 1 aliphatic rings. The second-order valence-corrected chi connectivity index (χ2v) is 6.82. The second kappa shape index (κ2) is 10.0. The highest BCUT2D eigenvalue weighted by Crippen LogP contribution is 2.15. The van der Waals surface area contributed by atoms with Crippen molar-refractivity contribution in [2.45, 2.75) is 65.0 Å². The molecule has 3 heterocycles. The number of hydrogen-bond donors (Lipinski definition) is 2. The molecular formula is C18H31N9. The summed E-state index contributed by atoms with van der Waals surface area (Å²) in [5.41, 5.74) is 0. The van der Waals surface area contributed by atoms with Crippen molar-refractivity contribution in [1.82, 2.24) is 40.2 Å². The standard InChI is InChI=1S/C18H31N9/c1-3-15-23-22-14-26(15)13-11-21-18(19-2)20-10-7-9-17-25-24-16-8-5-4-6-12-27(16)17/h14H,3-13H2,1-2H3,(H2,19,20,21). The van der Waals surface area contributed by atoms with Crippen LogP contribution in [-0.4, -0.2) is 55.6 Å². The van der Waals surface area contributed by atoms with Crippen molar-refractivity contribution in [3.05, 3.63) is 23.8 Å². The number of fused-ring (bicyclic) bond motifs is 1. The summed E-state index contributed by atoms with van der Waals surface area (Å²) in [6.45, 7) is 5.61. The van der Waals surface area contributed by atoms with Gasteiger partial charge in [-0.05, 0) is 19.3 Å². The van der Waals surface area contributed by atoms with Crippen LogP contribution in [0.25, 0.3) is 0 Å². The lowest BCUT2D eigenvalue weighted by molar-refractivity contribution is 0.592. The molecule has 2 aromatic heterocycles. The van der Waals surface area contributed by atoms with Gasteiger partial charge in [0.1, 0.15) is 23.8 Å². The van der Waals surface area contributed by atoms with Crippen LogP contribution in [0, 0.1) is 0 Å². The maximum atomic E-state index is 4.40. The minimum Gasteiger partial charge on any atom is -0.356 e. The lowest BCUT2D eigenvalue weighted by atomic mass is 10.2. The van der Waals surface area contributed by atoms with Crippen LogP contribution in [0.2, 0.25) is 0 Å². The summed E-state index contributed by atoms with van der Waals surface area (Å²) in [5, 5.41) is 23.5. The molecule has 0 aliphatic carbocycles. The predicted octanol–water partition coefficient (Wildman–Crippen LogP) is 0.956. The molecule has 0 fully saturated rings. The van der Waals surface area contributed by atoms with Crippen LogP contribution >= 0.6 is 0 Å².